The number of hydrogen-bond acceptors (Lipinski definition) is 4. The molecule has 128 valence electrons. The molecule has 0 spiro atoms. The summed E-state index contributed by atoms with van der Waals surface area (Å²) in [4.78, 5) is 27.4. The number of ether oxygens (including phenoxy) is 2. The summed E-state index contributed by atoms with van der Waals surface area (Å²) >= 11 is 0. The van der Waals surface area contributed by atoms with E-state index >= 15 is 0 Å². The minimum atomic E-state index is -0.460. The largest absolute Gasteiger partial charge is 0.494 e. The first kappa shape index (κ1) is 17.6. The zero-order chi connectivity index (χ0) is 17.7. The van der Waals surface area contributed by atoms with Crippen LogP contribution in [0.1, 0.15) is 46.0 Å². The lowest BCUT2D eigenvalue weighted by atomic mass is 10.1. The number of rotatable bonds is 6. The molecule has 1 aromatic heterocycles. The van der Waals surface area contributed by atoms with Crippen molar-refractivity contribution in [1.29, 1.82) is 0 Å². The summed E-state index contributed by atoms with van der Waals surface area (Å²) in [7, 11) is 0. The number of carbonyl (C=O) groups is 2. The highest BCUT2D eigenvalue weighted by molar-refractivity contribution is 6.08. The lowest BCUT2D eigenvalue weighted by Crippen LogP contribution is -2.14. The van der Waals surface area contributed by atoms with Crippen molar-refractivity contribution in [3.05, 3.63) is 46.8 Å². The van der Waals surface area contributed by atoms with Gasteiger partial charge in [0.25, 0.3) is 5.91 Å². The van der Waals surface area contributed by atoms with Crippen LogP contribution in [0.3, 0.4) is 0 Å². The summed E-state index contributed by atoms with van der Waals surface area (Å²) in [5, 5.41) is 2.83. The Labute approximate surface area is 141 Å². The van der Waals surface area contributed by atoms with Crippen LogP contribution < -0.4 is 10.1 Å². The smallest absolute Gasteiger partial charge is 0.355 e. The fourth-order valence-corrected chi connectivity index (χ4v) is 2.49. The lowest BCUT2D eigenvalue weighted by Gasteiger charge is -2.08. The Hall–Kier alpha value is -2.76. The molecule has 0 unspecified atom stereocenters. The van der Waals surface area contributed by atoms with Crippen LogP contribution in [-0.4, -0.2) is 30.1 Å². The van der Waals surface area contributed by atoms with Gasteiger partial charge in [0, 0.05) is 11.4 Å². The number of hydrogen-bond donors (Lipinski definition) is 2. The second kappa shape index (κ2) is 7.68. The van der Waals surface area contributed by atoms with E-state index in [4.69, 9.17) is 9.47 Å². The van der Waals surface area contributed by atoms with Gasteiger partial charge in [-0.25, -0.2) is 4.79 Å². The topological polar surface area (TPSA) is 80.4 Å². The molecule has 2 N–H and O–H groups in total. The average molecular weight is 330 g/mol. The van der Waals surface area contributed by atoms with Gasteiger partial charge in [0.15, 0.2) is 0 Å². The van der Waals surface area contributed by atoms with Gasteiger partial charge in [-0.3, -0.25) is 4.79 Å². The Kier molecular flexibility index (Phi) is 5.63. The van der Waals surface area contributed by atoms with Gasteiger partial charge in [-0.15, -0.1) is 0 Å². The van der Waals surface area contributed by atoms with E-state index < -0.39 is 5.97 Å². The first-order valence-electron chi connectivity index (χ1n) is 7.88. The van der Waals surface area contributed by atoms with Gasteiger partial charge in [0.2, 0.25) is 0 Å². The van der Waals surface area contributed by atoms with E-state index in [1.165, 1.54) is 0 Å². The van der Waals surface area contributed by atoms with E-state index in [-0.39, 0.29) is 12.5 Å². The van der Waals surface area contributed by atoms with Gasteiger partial charge in [-0.1, -0.05) is 0 Å². The Balaban J connectivity index is 2.19. The molecule has 0 aliphatic rings. The number of esters is 1. The molecular formula is C18H22N2O4. The quantitative estimate of drug-likeness (QED) is 0.795. The van der Waals surface area contributed by atoms with Crippen molar-refractivity contribution in [2.75, 3.05) is 18.5 Å². The number of amides is 1. The van der Waals surface area contributed by atoms with E-state index in [0.29, 0.717) is 34.8 Å². The van der Waals surface area contributed by atoms with Crippen molar-refractivity contribution in [3.63, 3.8) is 0 Å². The fourth-order valence-electron chi connectivity index (χ4n) is 2.49. The maximum atomic E-state index is 12.5. The van der Waals surface area contributed by atoms with Crippen molar-refractivity contribution in [2.45, 2.75) is 27.7 Å². The third kappa shape index (κ3) is 3.76. The molecule has 24 heavy (non-hydrogen) atoms. The van der Waals surface area contributed by atoms with Crippen LogP contribution in [0.2, 0.25) is 0 Å². The molecule has 6 nitrogen and oxygen atoms in total. The lowest BCUT2D eigenvalue weighted by molar-refractivity contribution is 0.0519. The summed E-state index contributed by atoms with van der Waals surface area (Å²) in [6.07, 6.45) is 0. The minimum absolute atomic E-state index is 0.277. The maximum Gasteiger partial charge on any atom is 0.355 e. The number of nitrogens with one attached hydrogen (secondary N) is 2. The number of benzene rings is 1. The van der Waals surface area contributed by atoms with Crippen LogP contribution in [0.15, 0.2) is 24.3 Å². The molecule has 1 amide bonds. The molecule has 0 aliphatic heterocycles. The summed E-state index contributed by atoms with van der Waals surface area (Å²) in [6, 6.07) is 7.12. The number of carbonyl (C=O) groups excluding carboxylic acids is 2. The molecule has 0 aliphatic carbocycles. The van der Waals surface area contributed by atoms with Crippen LogP contribution in [0, 0.1) is 13.8 Å². The standard InChI is InChI=1S/C18H22N2O4/c1-5-23-14-9-7-13(8-10-14)20-17(21)15-11(3)16(19-12(15)4)18(22)24-6-2/h7-10,19H,5-6H2,1-4H3,(H,20,21). The number of aryl methyl sites for hydroxylation is 1. The first-order chi connectivity index (χ1) is 11.5. The van der Waals surface area contributed by atoms with E-state index in [2.05, 4.69) is 10.3 Å². The predicted molar refractivity (Wildman–Crippen MR) is 91.8 cm³/mol. The number of H-pyrrole nitrogens is 1. The van der Waals surface area contributed by atoms with Crippen molar-refractivity contribution in [3.8, 4) is 5.75 Å². The van der Waals surface area contributed by atoms with E-state index in [0.717, 1.165) is 5.75 Å². The zero-order valence-electron chi connectivity index (χ0n) is 14.4. The Bertz CT molecular complexity index is 732. The van der Waals surface area contributed by atoms with Crippen LogP contribution in [0.4, 0.5) is 5.69 Å². The molecule has 0 saturated heterocycles. The Morgan fingerprint density at radius 3 is 2.33 bits per heavy atom. The Morgan fingerprint density at radius 1 is 1.08 bits per heavy atom. The molecule has 1 heterocycles. The van der Waals surface area contributed by atoms with E-state index in [9.17, 15) is 9.59 Å². The van der Waals surface area contributed by atoms with Crippen LogP contribution in [0.25, 0.3) is 0 Å². The van der Waals surface area contributed by atoms with Gasteiger partial charge < -0.3 is 19.8 Å². The van der Waals surface area contributed by atoms with Crippen LogP contribution >= 0.6 is 0 Å². The van der Waals surface area contributed by atoms with Crippen molar-refractivity contribution >= 4 is 17.6 Å². The molecular weight excluding hydrogens is 308 g/mol. The molecule has 0 bridgehead atoms. The highest BCUT2D eigenvalue weighted by Gasteiger charge is 2.22. The fraction of sp³-hybridized carbons (Fsp3) is 0.333. The highest BCUT2D eigenvalue weighted by Crippen LogP contribution is 2.21. The summed E-state index contributed by atoms with van der Waals surface area (Å²) < 4.78 is 10.4. The number of anilines is 1. The number of aromatic amines is 1. The second-order valence-electron chi connectivity index (χ2n) is 5.26. The molecule has 6 heteroatoms. The van der Waals surface area contributed by atoms with Crippen LogP contribution in [-0.2, 0) is 4.74 Å². The van der Waals surface area contributed by atoms with Gasteiger partial charge in [-0.2, -0.15) is 0 Å². The predicted octanol–water partition coefficient (Wildman–Crippen LogP) is 3.46. The minimum Gasteiger partial charge on any atom is -0.494 e. The monoisotopic (exact) mass is 330 g/mol. The second-order valence-corrected chi connectivity index (χ2v) is 5.26. The molecule has 2 aromatic rings. The molecule has 0 atom stereocenters. The van der Waals surface area contributed by atoms with E-state index in [1.54, 1.807) is 45.0 Å². The van der Waals surface area contributed by atoms with Gasteiger partial charge in [0.05, 0.1) is 18.8 Å². The van der Waals surface area contributed by atoms with Crippen molar-refractivity contribution in [2.24, 2.45) is 0 Å². The Morgan fingerprint density at radius 2 is 1.75 bits per heavy atom. The summed E-state index contributed by atoms with van der Waals surface area (Å²) in [5.74, 6) is 0.00766. The van der Waals surface area contributed by atoms with Gasteiger partial charge in [0.1, 0.15) is 11.4 Å². The average Bonchev–Trinajstić information content (AvgIpc) is 2.84. The first-order valence-corrected chi connectivity index (χ1v) is 7.88. The van der Waals surface area contributed by atoms with Gasteiger partial charge >= 0.3 is 5.97 Å². The van der Waals surface area contributed by atoms with Gasteiger partial charge in [-0.05, 0) is 57.5 Å². The summed E-state index contributed by atoms with van der Waals surface area (Å²) in [5.41, 5.74) is 2.62. The van der Waals surface area contributed by atoms with Crippen molar-refractivity contribution in [1.82, 2.24) is 4.98 Å². The molecule has 0 saturated carbocycles. The van der Waals surface area contributed by atoms with Crippen LogP contribution in [0.5, 0.6) is 5.75 Å². The zero-order valence-corrected chi connectivity index (χ0v) is 14.4. The summed E-state index contributed by atoms with van der Waals surface area (Å²) in [6.45, 7) is 8.00. The SMILES string of the molecule is CCOC(=O)c1[nH]c(C)c(C(=O)Nc2ccc(OCC)cc2)c1C. The molecule has 1 aromatic carbocycles. The highest BCUT2D eigenvalue weighted by atomic mass is 16.5. The van der Waals surface area contributed by atoms with Crippen molar-refractivity contribution < 1.29 is 19.1 Å². The molecule has 0 fully saturated rings. The maximum absolute atomic E-state index is 12.5. The normalized spacial score (nSPS) is 10.3. The third-order valence-corrected chi connectivity index (χ3v) is 3.57. The molecule has 0 radical (unpaired) electrons. The molecule has 2 rings (SSSR count). The van der Waals surface area contributed by atoms with E-state index in [1.807, 2.05) is 6.92 Å². The third-order valence-electron chi connectivity index (χ3n) is 3.57. The number of aromatic nitrogens is 1.